The van der Waals surface area contributed by atoms with Crippen LogP contribution in [0, 0.1) is 16.0 Å². The maximum Gasteiger partial charge on any atom is 0.269 e. The number of non-ortho nitro benzene ring substituents is 1. The van der Waals surface area contributed by atoms with Gasteiger partial charge in [-0.15, -0.1) is 0 Å². The zero-order valence-electron chi connectivity index (χ0n) is 15.0. The molecule has 8 heteroatoms. The quantitative estimate of drug-likeness (QED) is 0.644. The molecule has 0 atom stereocenters. The van der Waals surface area contributed by atoms with Gasteiger partial charge >= 0.3 is 0 Å². The number of carbonyl (C=O) groups excluding carboxylic acids is 2. The molecule has 140 valence electrons. The number of ether oxygens (including phenoxy) is 1. The molecule has 27 heavy (non-hydrogen) atoms. The maximum absolute atomic E-state index is 12.3. The molecule has 1 N–H and O–H groups in total. The molecule has 8 nitrogen and oxygen atoms in total. The van der Waals surface area contributed by atoms with Crippen molar-refractivity contribution in [2.24, 2.45) is 5.92 Å². The monoisotopic (exact) mass is 369 g/mol. The van der Waals surface area contributed by atoms with E-state index in [1.807, 2.05) is 13.8 Å². The van der Waals surface area contributed by atoms with E-state index in [9.17, 15) is 19.7 Å². The summed E-state index contributed by atoms with van der Waals surface area (Å²) in [6.07, 6.45) is 0. The second-order valence-electron chi connectivity index (χ2n) is 6.63. The number of nitro groups is 1. The third-order valence-electron chi connectivity index (χ3n) is 4.05. The number of hydrogen-bond acceptors (Lipinski definition) is 5. The number of anilines is 2. The van der Waals surface area contributed by atoms with E-state index in [4.69, 9.17) is 4.74 Å². The van der Waals surface area contributed by atoms with Crippen LogP contribution in [0.5, 0.6) is 5.75 Å². The number of nitrogens with one attached hydrogen (secondary N) is 1. The van der Waals surface area contributed by atoms with Crippen molar-refractivity contribution in [3.63, 3.8) is 0 Å². The van der Waals surface area contributed by atoms with E-state index < -0.39 is 10.8 Å². The summed E-state index contributed by atoms with van der Waals surface area (Å²) in [6, 6.07) is 10.4. The average Bonchev–Trinajstić information content (AvgIpc) is 2.64. The topological polar surface area (TPSA) is 102 Å². The third kappa shape index (κ3) is 4.05. The molecule has 0 bridgehead atoms. The van der Waals surface area contributed by atoms with Crippen LogP contribution in [0.2, 0.25) is 0 Å². The van der Waals surface area contributed by atoms with Crippen molar-refractivity contribution in [3.8, 4) is 5.75 Å². The van der Waals surface area contributed by atoms with Gasteiger partial charge in [0.05, 0.1) is 10.6 Å². The zero-order valence-corrected chi connectivity index (χ0v) is 15.0. The lowest BCUT2D eigenvalue weighted by molar-refractivity contribution is -0.384. The summed E-state index contributed by atoms with van der Waals surface area (Å²) in [5.74, 6) is 0.341. The Bertz CT molecular complexity index is 893. The number of fused-ring (bicyclic) bond motifs is 1. The number of nitrogens with zero attached hydrogens (tertiary/aromatic N) is 2. The minimum absolute atomic E-state index is 0.0422. The second-order valence-corrected chi connectivity index (χ2v) is 6.63. The van der Waals surface area contributed by atoms with Gasteiger partial charge in [0, 0.05) is 36.0 Å². The van der Waals surface area contributed by atoms with Gasteiger partial charge in [-0.1, -0.05) is 13.8 Å². The van der Waals surface area contributed by atoms with Crippen LogP contribution in [0.25, 0.3) is 0 Å². The van der Waals surface area contributed by atoms with Crippen LogP contribution in [-0.4, -0.2) is 29.9 Å². The van der Waals surface area contributed by atoms with Gasteiger partial charge in [-0.3, -0.25) is 19.7 Å². The molecule has 2 amide bonds. The average molecular weight is 369 g/mol. The standard InChI is InChI=1S/C19H19N3O5/c1-12(2)10-21-16-8-5-14(9-17(16)27-11-18(21)23)20-19(24)13-3-6-15(7-4-13)22(25)26/h3-9,12H,10-11H2,1-2H3,(H,20,24). The summed E-state index contributed by atoms with van der Waals surface area (Å²) in [7, 11) is 0. The summed E-state index contributed by atoms with van der Waals surface area (Å²) in [6.45, 7) is 4.60. The highest BCUT2D eigenvalue weighted by Crippen LogP contribution is 2.35. The Morgan fingerprint density at radius 1 is 1.26 bits per heavy atom. The van der Waals surface area contributed by atoms with E-state index in [1.165, 1.54) is 24.3 Å². The fraction of sp³-hybridized carbons (Fsp3) is 0.263. The lowest BCUT2D eigenvalue weighted by atomic mass is 10.1. The minimum atomic E-state index is -0.521. The van der Waals surface area contributed by atoms with Crippen molar-refractivity contribution < 1.29 is 19.2 Å². The van der Waals surface area contributed by atoms with Crippen molar-refractivity contribution in [3.05, 3.63) is 58.1 Å². The first-order valence-corrected chi connectivity index (χ1v) is 8.48. The van der Waals surface area contributed by atoms with E-state index in [2.05, 4.69) is 5.32 Å². The fourth-order valence-electron chi connectivity index (χ4n) is 2.79. The van der Waals surface area contributed by atoms with Crippen molar-refractivity contribution >= 4 is 28.9 Å². The normalized spacial score (nSPS) is 13.1. The Morgan fingerprint density at radius 2 is 1.96 bits per heavy atom. The lowest BCUT2D eigenvalue weighted by Gasteiger charge is -2.31. The molecule has 0 saturated heterocycles. The molecule has 0 spiro atoms. The van der Waals surface area contributed by atoms with E-state index in [0.29, 0.717) is 35.2 Å². The number of carbonyl (C=O) groups is 2. The van der Waals surface area contributed by atoms with Crippen LogP contribution in [-0.2, 0) is 4.79 Å². The van der Waals surface area contributed by atoms with Gasteiger partial charge in [0.1, 0.15) is 5.75 Å². The molecular formula is C19H19N3O5. The molecule has 1 aliphatic rings. The number of amides is 2. The Balaban J connectivity index is 1.77. The Hall–Kier alpha value is -3.42. The maximum atomic E-state index is 12.3. The predicted octanol–water partition coefficient (Wildman–Crippen LogP) is 3.23. The number of rotatable bonds is 5. The summed E-state index contributed by atoms with van der Waals surface area (Å²) in [5, 5.41) is 13.4. The van der Waals surface area contributed by atoms with E-state index in [-0.39, 0.29) is 18.2 Å². The van der Waals surface area contributed by atoms with Crippen molar-refractivity contribution in [2.45, 2.75) is 13.8 Å². The summed E-state index contributed by atoms with van der Waals surface area (Å²) < 4.78 is 5.50. The largest absolute Gasteiger partial charge is 0.481 e. The number of benzene rings is 2. The minimum Gasteiger partial charge on any atom is -0.481 e. The van der Waals surface area contributed by atoms with Crippen molar-refractivity contribution in [1.29, 1.82) is 0 Å². The molecule has 2 aromatic carbocycles. The SMILES string of the molecule is CC(C)CN1C(=O)COc2cc(NC(=O)c3ccc([N+](=O)[O-])cc3)ccc21. The predicted molar refractivity (Wildman–Crippen MR) is 100 cm³/mol. The molecule has 1 heterocycles. The number of nitro benzene ring substituents is 1. The first-order valence-electron chi connectivity index (χ1n) is 8.48. The molecule has 0 aromatic heterocycles. The van der Waals surface area contributed by atoms with Crippen LogP contribution >= 0.6 is 0 Å². The van der Waals surface area contributed by atoms with Crippen molar-refractivity contribution in [2.75, 3.05) is 23.4 Å². The highest BCUT2D eigenvalue weighted by atomic mass is 16.6. The van der Waals surface area contributed by atoms with Gasteiger partial charge in [-0.2, -0.15) is 0 Å². The van der Waals surface area contributed by atoms with Gasteiger partial charge < -0.3 is 15.0 Å². The van der Waals surface area contributed by atoms with Crippen LogP contribution in [0.15, 0.2) is 42.5 Å². The van der Waals surface area contributed by atoms with Gasteiger partial charge in [0.15, 0.2) is 6.61 Å². The molecule has 0 aliphatic carbocycles. The Morgan fingerprint density at radius 3 is 2.59 bits per heavy atom. The van der Waals surface area contributed by atoms with Gasteiger partial charge in [-0.05, 0) is 30.2 Å². The van der Waals surface area contributed by atoms with Gasteiger partial charge in [-0.25, -0.2) is 0 Å². The molecule has 0 fully saturated rings. The van der Waals surface area contributed by atoms with E-state index in [0.717, 1.165) is 0 Å². The van der Waals surface area contributed by atoms with Crippen LogP contribution in [0.3, 0.4) is 0 Å². The summed E-state index contributed by atoms with van der Waals surface area (Å²) in [4.78, 5) is 36.3. The highest BCUT2D eigenvalue weighted by molar-refractivity contribution is 6.05. The molecule has 0 unspecified atom stereocenters. The first kappa shape index (κ1) is 18.4. The number of hydrogen-bond donors (Lipinski definition) is 1. The molecule has 0 radical (unpaired) electrons. The van der Waals surface area contributed by atoms with Crippen LogP contribution in [0.1, 0.15) is 24.2 Å². The summed E-state index contributed by atoms with van der Waals surface area (Å²) >= 11 is 0. The molecule has 1 aliphatic heterocycles. The van der Waals surface area contributed by atoms with E-state index >= 15 is 0 Å². The highest BCUT2D eigenvalue weighted by Gasteiger charge is 2.26. The Kier molecular flexibility index (Phi) is 5.07. The van der Waals surface area contributed by atoms with Gasteiger partial charge in [0.25, 0.3) is 17.5 Å². The fourth-order valence-corrected chi connectivity index (χ4v) is 2.79. The summed E-state index contributed by atoms with van der Waals surface area (Å²) in [5.41, 5.74) is 1.41. The van der Waals surface area contributed by atoms with Crippen LogP contribution in [0.4, 0.5) is 17.1 Å². The zero-order chi connectivity index (χ0) is 19.6. The van der Waals surface area contributed by atoms with Crippen LogP contribution < -0.4 is 15.0 Å². The smallest absolute Gasteiger partial charge is 0.269 e. The molecule has 0 saturated carbocycles. The van der Waals surface area contributed by atoms with E-state index in [1.54, 1.807) is 23.1 Å². The lowest BCUT2D eigenvalue weighted by Crippen LogP contribution is -2.40. The Labute approximate surface area is 155 Å². The first-order chi connectivity index (χ1) is 12.8. The molecular weight excluding hydrogens is 350 g/mol. The second kappa shape index (κ2) is 7.45. The molecule has 2 aromatic rings. The van der Waals surface area contributed by atoms with Crippen molar-refractivity contribution in [1.82, 2.24) is 0 Å². The molecule has 3 rings (SSSR count). The van der Waals surface area contributed by atoms with Gasteiger partial charge in [0.2, 0.25) is 0 Å². The third-order valence-corrected chi connectivity index (χ3v) is 4.05.